The lowest BCUT2D eigenvalue weighted by atomic mass is 10.0. The molecule has 294 valence electrons. The number of pyridine rings is 1. The number of nitrogens with one attached hydrogen (secondary N) is 1. The lowest BCUT2D eigenvalue weighted by Crippen LogP contribution is -2.27. The second-order valence-electron chi connectivity index (χ2n) is 13.5. The van der Waals surface area contributed by atoms with Crippen LogP contribution in [-0.4, -0.2) is 75.7 Å². The maximum Gasteiger partial charge on any atom is 0.332 e. The SMILES string of the molecule is CCS(=O)(=O)Nc1ccc(Oc2cccc(OCCOCCOCC(=O)OC(C)(C)C)c2)c(-c2cn(C)c(=O)c3c2ccn3S(=O)(=O)c2ccc(C)cc2)c1. The topological polar surface area (TPSA) is 170 Å². The number of aromatic nitrogens is 2. The normalized spacial score (nSPS) is 12.1. The van der Waals surface area contributed by atoms with Crippen LogP contribution in [0.4, 0.5) is 5.69 Å². The van der Waals surface area contributed by atoms with Crippen molar-refractivity contribution < 1.29 is 45.3 Å². The first-order valence-electron chi connectivity index (χ1n) is 17.4. The van der Waals surface area contributed by atoms with E-state index in [0.717, 1.165) is 9.54 Å². The Morgan fingerprint density at radius 3 is 2.24 bits per heavy atom. The minimum Gasteiger partial charge on any atom is -0.491 e. The van der Waals surface area contributed by atoms with Crippen molar-refractivity contribution in [2.24, 2.45) is 7.05 Å². The first kappa shape index (κ1) is 41.0. The third kappa shape index (κ3) is 10.5. The molecule has 0 amide bonds. The fraction of sp³-hybridized carbons (Fsp3) is 0.333. The lowest BCUT2D eigenvalue weighted by Gasteiger charge is -2.19. The predicted octanol–water partition coefficient (Wildman–Crippen LogP) is 5.86. The van der Waals surface area contributed by atoms with Gasteiger partial charge in [-0.05, 0) is 83.1 Å². The summed E-state index contributed by atoms with van der Waals surface area (Å²) < 4.78 is 85.7. The van der Waals surface area contributed by atoms with Crippen LogP contribution in [0.25, 0.3) is 22.0 Å². The van der Waals surface area contributed by atoms with Gasteiger partial charge in [0.1, 0.15) is 41.6 Å². The standard InChI is InChI=1S/C39H45N3O11S2/c1-7-54(45,46)40-28-13-16-35(52-30-10-8-9-29(24-30)51-22-21-49-19-20-50-26-36(43)53-39(3,4)5)33(23-28)34-25-41(6)38(44)37-32(34)17-18-42(37)55(47,48)31-14-11-27(2)12-15-31/h8-18,23-25,40H,7,19-22,26H2,1-6H3. The van der Waals surface area contributed by atoms with Gasteiger partial charge in [0.15, 0.2) is 0 Å². The van der Waals surface area contributed by atoms with Crippen LogP contribution >= 0.6 is 0 Å². The zero-order chi connectivity index (χ0) is 40.0. The fourth-order valence-electron chi connectivity index (χ4n) is 5.43. The zero-order valence-electron chi connectivity index (χ0n) is 31.5. The summed E-state index contributed by atoms with van der Waals surface area (Å²) in [5.74, 6) is 0.551. The van der Waals surface area contributed by atoms with E-state index in [0.29, 0.717) is 33.8 Å². The number of hydrogen-bond donors (Lipinski definition) is 1. The van der Waals surface area contributed by atoms with Crippen LogP contribution in [0.5, 0.6) is 17.2 Å². The molecule has 2 aromatic heterocycles. The van der Waals surface area contributed by atoms with Crippen molar-refractivity contribution in [1.82, 2.24) is 8.54 Å². The Morgan fingerprint density at radius 1 is 0.836 bits per heavy atom. The number of carbonyl (C=O) groups excluding carboxylic acids is 1. The van der Waals surface area contributed by atoms with E-state index >= 15 is 0 Å². The van der Waals surface area contributed by atoms with Gasteiger partial charge in [-0.2, -0.15) is 0 Å². The van der Waals surface area contributed by atoms with E-state index < -0.39 is 37.2 Å². The number of aryl methyl sites for hydroxylation is 2. The van der Waals surface area contributed by atoms with E-state index in [-0.39, 0.29) is 54.9 Å². The van der Waals surface area contributed by atoms with Crippen molar-refractivity contribution in [2.75, 3.05) is 43.5 Å². The third-order valence-electron chi connectivity index (χ3n) is 8.03. The second-order valence-corrected chi connectivity index (χ2v) is 17.4. The molecule has 0 aliphatic heterocycles. The number of anilines is 1. The number of fused-ring (bicyclic) bond motifs is 1. The Balaban J connectivity index is 1.39. The van der Waals surface area contributed by atoms with E-state index in [9.17, 15) is 26.4 Å². The largest absolute Gasteiger partial charge is 0.491 e. The molecular formula is C39H45N3O11S2. The van der Waals surface area contributed by atoms with Crippen LogP contribution in [0, 0.1) is 6.92 Å². The Kier molecular flexibility index (Phi) is 12.8. The van der Waals surface area contributed by atoms with Crippen molar-refractivity contribution in [3.8, 4) is 28.4 Å². The molecule has 3 aromatic carbocycles. The number of benzene rings is 3. The van der Waals surface area contributed by atoms with Crippen LogP contribution in [0.2, 0.25) is 0 Å². The molecule has 55 heavy (non-hydrogen) atoms. The smallest absolute Gasteiger partial charge is 0.332 e. The maximum absolute atomic E-state index is 13.8. The van der Waals surface area contributed by atoms with Crippen LogP contribution in [-0.2, 0) is 46.1 Å². The number of carbonyl (C=O) groups is 1. The van der Waals surface area contributed by atoms with E-state index in [2.05, 4.69) is 4.72 Å². The third-order valence-corrected chi connectivity index (χ3v) is 11.0. The van der Waals surface area contributed by atoms with Crippen molar-refractivity contribution in [3.63, 3.8) is 0 Å². The van der Waals surface area contributed by atoms with E-state index in [4.69, 9.17) is 23.7 Å². The van der Waals surface area contributed by atoms with Gasteiger partial charge in [0.2, 0.25) is 10.0 Å². The highest BCUT2D eigenvalue weighted by Gasteiger charge is 2.25. The quantitative estimate of drug-likeness (QED) is 0.0884. The minimum absolute atomic E-state index is 0.0148. The van der Waals surface area contributed by atoms with Gasteiger partial charge in [0.05, 0.1) is 30.5 Å². The Morgan fingerprint density at radius 2 is 1.53 bits per heavy atom. The molecule has 0 unspecified atom stereocenters. The van der Waals surface area contributed by atoms with Gasteiger partial charge in [-0.1, -0.05) is 23.8 Å². The summed E-state index contributed by atoms with van der Waals surface area (Å²) in [4.78, 5) is 25.3. The predicted molar refractivity (Wildman–Crippen MR) is 209 cm³/mol. The molecule has 14 nitrogen and oxygen atoms in total. The number of hydrogen-bond acceptors (Lipinski definition) is 11. The summed E-state index contributed by atoms with van der Waals surface area (Å²) in [5.41, 5.74) is 0.704. The van der Waals surface area contributed by atoms with Gasteiger partial charge in [0.25, 0.3) is 15.6 Å². The lowest BCUT2D eigenvalue weighted by molar-refractivity contribution is -0.160. The minimum atomic E-state index is -4.17. The summed E-state index contributed by atoms with van der Waals surface area (Å²) in [6.07, 6.45) is 2.88. The molecular weight excluding hydrogens is 751 g/mol. The van der Waals surface area contributed by atoms with Crippen LogP contribution < -0.4 is 19.8 Å². The van der Waals surface area contributed by atoms with Crippen molar-refractivity contribution in [2.45, 2.75) is 45.1 Å². The van der Waals surface area contributed by atoms with Crippen LogP contribution in [0.15, 0.2) is 94.9 Å². The second kappa shape index (κ2) is 17.1. The Labute approximate surface area is 320 Å². The average Bonchev–Trinajstić information content (AvgIpc) is 3.58. The molecule has 0 saturated carbocycles. The summed E-state index contributed by atoms with van der Waals surface area (Å²) in [6, 6.07) is 19.4. The number of sulfonamides is 1. The molecule has 0 aliphatic rings. The van der Waals surface area contributed by atoms with Gasteiger partial charge in [-0.15, -0.1) is 0 Å². The van der Waals surface area contributed by atoms with Crippen molar-refractivity contribution >= 4 is 42.6 Å². The molecule has 5 rings (SSSR count). The monoisotopic (exact) mass is 795 g/mol. The molecule has 0 fully saturated rings. The molecule has 0 aliphatic carbocycles. The zero-order valence-corrected chi connectivity index (χ0v) is 33.2. The van der Waals surface area contributed by atoms with Crippen LogP contribution in [0.1, 0.15) is 33.3 Å². The van der Waals surface area contributed by atoms with Crippen molar-refractivity contribution in [1.29, 1.82) is 0 Å². The molecule has 1 N–H and O–H groups in total. The highest BCUT2D eigenvalue weighted by Crippen LogP contribution is 2.40. The van der Waals surface area contributed by atoms with Gasteiger partial charge < -0.3 is 28.3 Å². The average molecular weight is 796 g/mol. The maximum atomic E-state index is 13.8. The Bertz CT molecular complexity index is 2430. The molecule has 0 saturated heterocycles. The summed E-state index contributed by atoms with van der Waals surface area (Å²) in [5, 5.41) is 0.312. The molecule has 0 spiro atoms. The van der Waals surface area contributed by atoms with Gasteiger partial charge in [-0.25, -0.2) is 25.6 Å². The van der Waals surface area contributed by atoms with Gasteiger partial charge in [-0.3, -0.25) is 9.52 Å². The number of rotatable bonds is 17. The van der Waals surface area contributed by atoms with Crippen LogP contribution in [0.3, 0.4) is 0 Å². The van der Waals surface area contributed by atoms with Gasteiger partial charge >= 0.3 is 5.97 Å². The molecule has 5 aromatic rings. The first-order valence-corrected chi connectivity index (χ1v) is 20.5. The number of ether oxygens (including phenoxy) is 5. The van der Waals surface area contributed by atoms with E-state index in [1.54, 1.807) is 81.6 Å². The summed E-state index contributed by atoms with van der Waals surface area (Å²) in [6.45, 7) is 9.46. The van der Waals surface area contributed by atoms with E-state index in [1.165, 1.54) is 42.9 Å². The molecule has 0 bridgehead atoms. The number of nitrogens with zero attached hydrogens (tertiary/aromatic N) is 2. The molecule has 0 radical (unpaired) electrons. The highest BCUT2D eigenvalue weighted by molar-refractivity contribution is 7.92. The summed E-state index contributed by atoms with van der Waals surface area (Å²) in [7, 11) is -6.32. The van der Waals surface area contributed by atoms with E-state index in [1.807, 2.05) is 6.92 Å². The van der Waals surface area contributed by atoms with Crippen molar-refractivity contribution in [3.05, 3.63) is 101 Å². The summed E-state index contributed by atoms with van der Waals surface area (Å²) >= 11 is 0. The molecule has 0 atom stereocenters. The Hall–Kier alpha value is -5.16. The molecule has 16 heteroatoms. The van der Waals surface area contributed by atoms with Gasteiger partial charge in [0, 0.05) is 47.7 Å². The highest BCUT2D eigenvalue weighted by atomic mass is 32.2. The number of esters is 1. The fourth-order valence-corrected chi connectivity index (χ4v) is 7.41. The first-order chi connectivity index (χ1) is 26.0. The molecule has 2 heterocycles.